The molecule has 1 amide bonds. The SMILES string of the molecule is CN(Cc1cccc(C(=O)Nc2ccc(F)cc2F)c1)Cc1ccno1. The molecule has 3 rings (SSSR count). The third-order valence-corrected chi connectivity index (χ3v) is 3.74. The summed E-state index contributed by atoms with van der Waals surface area (Å²) < 4.78 is 31.7. The van der Waals surface area contributed by atoms with E-state index in [0.29, 0.717) is 18.7 Å². The second kappa shape index (κ2) is 7.88. The number of carbonyl (C=O) groups is 1. The number of hydrogen-bond acceptors (Lipinski definition) is 4. The quantitative estimate of drug-likeness (QED) is 0.728. The van der Waals surface area contributed by atoms with Gasteiger partial charge in [0.2, 0.25) is 0 Å². The largest absolute Gasteiger partial charge is 0.360 e. The highest BCUT2D eigenvalue weighted by Gasteiger charge is 2.11. The monoisotopic (exact) mass is 357 g/mol. The van der Waals surface area contributed by atoms with Gasteiger partial charge < -0.3 is 9.84 Å². The van der Waals surface area contributed by atoms with Crippen LogP contribution in [-0.4, -0.2) is 23.0 Å². The standard InChI is InChI=1S/C19H17F2N3O2/c1-24(12-16-7-8-22-26-16)11-13-3-2-4-14(9-13)19(25)23-18-6-5-15(20)10-17(18)21/h2-10H,11-12H2,1H3,(H,23,25). The molecule has 0 saturated heterocycles. The molecule has 0 bridgehead atoms. The predicted octanol–water partition coefficient (Wildman–Crippen LogP) is 3.84. The van der Waals surface area contributed by atoms with Gasteiger partial charge in [0.05, 0.1) is 18.4 Å². The normalized spacial score (nSPS) is 10.9. The van der Waals surface area contributed by atoms with E-state index in [2.05, 4.69) is 10.5 Å². The lowest BCUT2D eigenvalue weighted by Gasteiger charge is -2.15. The van der Waals surface area contributed by atoms with Gasteiger partial charge in [-0.05, 0) is 36.9 Å². The Morgan fingerprint density at radius 3 is 2.73 bits per heavy atom. The van der Waals surface area contributed by atoms with Crippen molar-refractivity contribution in [1.29, 1.82) is 0 Å². The van der Waals surface area contributed by atoms with Crippen molar-refractivity contribution in [2.24, 2.45) is 0 Å². The maximum Gasteiger partial charge on any atom is 0.255 e. The molecule has 1 heterocycles. The third-order valence-electron chi connectivity index (χ3n) is 3.74. The van der Waals surface area contributed by atoms with Crippen LogP contribution in [0.15, 0.2) is 59.3 Å². The molecule has 26 heavy (non-hydrogen) atoms. The van der Waals surface area contributed by atoms with Crippen LogP contribution < -0.4 is 5.32 Å². The van der Waals surface area contributed by atoms with E-state index in [4.69, 9.17) is 4.52 Å². The third kappa shape index (κ3) is 4.52. The van der Waals surface area contributed by atoms with Gasteiger partial charge in [-0.2, -0.15) is 0 Å². The summed E-state index contributed by atoms with van der Waals surface area (Å²) in [6, 6.07) is 11.8. The Labute approximate surface area is 149 Å². The maximum absolute atomic E-state index is 13.7. The van der Waals surface area contributed by atoms with Crippen LogP contribution in [-0.2, 0) is 13.1 Å². The van der Waals surface area contributed by atoms with E-state index >= 15 is 0 Å². The van der Waals surface area contributed by atoms with Gasteiger partial charge >= 0.3 is 0 Å². The highest BCUT2D eigenvalue weighted by molar-refractivity contribution is 6.04. The molecule has 3 aromatic rings. The summed E-state index contributed by atoms with van der Waals surface area (Å²) in [5, 5.41) is 6.12. The molecule has 5 nitrogen and oxygen atoms in total. The molecule has 7 heteroatoms. The molecule has 0 aliphatic rings. The zero-order valence-corrected chi connectivity index (χ0v) is 14.1. The molecule has 0 radical (unpaired) electrons. The number of anilines is 1. The number of carbonyl (C=O) groups excluding carboxylic acids is 1. The lowest BCUT2D eigenvalue weighted by Crippen LogP contribution is -2.18. The number of halogens is 2. The van der Waals surface area contributed by atoms with Gasteiger partial charge in [0.1, 0.15) is 11.6 Å². The van der Waals surface area contributed by atoms with Crippen LogP contribution in [0.4, 0.5) is 14.5 Å². The van der Waals surface area contributed by atoms with Gasteiger partial charge in [0.15, 0.2) is 5.76 Å². The van der Waals surface area contributed by atoms with Crippen molar-refractivity contribution in [2.45, 2.75) is 13.1 Å². The van der Waals surface area contributed by atoms with Gasteiger partial charge in [-0.3, -0.25) is 9.69 Å². The second-order valence-corrected chi connectivity index (χ2v) is 5.93. The first-order chi connectivity index (χ1) is 12.5. The smallest absolute Gasteiger partial charge is 0.255 e. The molecule has 0 aliphatic heterocycles. The minimum atomic E-state index is -0.818. The molecule has 0 aliphatic carbocycles. The van der Waals surface area contributed by atoms with Crippen molar-refractivity contribution in [2.75, 3.05) is 12.4 Å². The number of aromatic nitrogens is 1. The molecule has 0 fully saturated rings. The Balaban J connectivity index is 1.67. The van der Waals surface area contributed by atoms with E-state index in [9.17, 15) is 13.6 Å². The second-order valence-electron chi connectivity index (χ2n) is 5.93. The molecule has 134 valence electrons. The predicted molar refractivity (Wildman–Crippen MR) is 92.4 cm³/mol. The summed E-state index contributed by atoms with van der Waals surface area (Å²) in [6.07, 6.45) is 1.59. The topological polar surface area (TPSA) is 58.4 Å². The average Bonchev–Trinajstić information content (AvgIpc) is 3.10. The van der Waals surface area contributed by atoms with Crippen LogP contribution in [0.25, 0.3) is 0 Å². The number of nitrogens with zero attached hydrogens (tertiary/aromatic N) is 2. The number of nitrogens with one attached hydrogen (secondary N) is 1. The Kier molecular flexibility index (Phi) is 5.38. The first kappa shape index (κ1) is 17.8. The van der Waals surface area contributed by atoms with Gasteiger partial charge in [0.25, 0.3) is 5.91 Å². The molecule has 0 spiro atoms. The van der Waals surface area contributed by atoms with Crippen molar-refractivity contribution < 1.29 is 18.1 Å². The number of benzene rings is 2. The van der Waals surface area contributed by atoms with E-state index < -0.39 is 17.5 Å². The Hall–Kier alpha value is -3.06. The van der Waals surface area contributed by atoms with E-state index in [-0.39, 0.29) is 5.69 Å². The Bertz CT molecular complexity index is 898. The Morgan fingerprint density at radius 2 is 2.00 bits per heavy atom. The number of amides is 1. The lowest BCUT2D eigenvalue weighted by atomic mass is 10.1. The minimum absolute atomic E-state index is 0.0655. The fraction of sp³-hybridized carbons (Fsp3) is 0.158. The van der Waals surface area contributed by atoms with Gasteiger partial charge in [-0.15, -0.1) is 0 Å². The molecule has 0 atom stereocenters. The zero-order valence-electron chi connectivity index (χ0n) is 14.1. The molecular weight excluding hydrogens is 340 g/mol. The summed E-state index contributed by atoms with van der Waals surface area (Å²) >= 11 is 0. The number of hydrogen-bond donors (Lipinski definition) is 1. The fourth-order valence-electron chi connectivity index (χ4n) is 2.55. The zero-order chi connectivity index (χ0) is 18.5. The highest BCUT2D eigenvalue weighted by Crippen LogP contribution is 2.17. The van der Waals surface area contributed by atoms with E-state index in [1.54, 1.807) is 30.5 Å². The van der Waals surface area contributed by atoms with Crippen LogP contribution in [0.2, 0.25) is 0 Å². The van der Waals surface area contributed by atoms with Crippen LogP contribution in [0.1, 0.15) is 21.7 Å². The van der Waals surface area contributed by atoms with Crippen LogP contribution in [0.3, 0.4) is 0 Å². The molecular formula is C19H17F2N3O2. The average molecular weight is 357 g/mol. The van der Waals surface area contributed by atoms with Crippen molar-refractivity contribution in [1.82, 2.24) is 10.1 Å². The van der Waals surface area contributed by atoms with E-state index in [1.807, 2.05) is 18.0 Å². The van der Waals surface area contributed by atoms with Crippen molar-refractivity contribution in [3.05, 3.63) is 83.2 Å². The van der Waals surface area contributed by atoms with E-state index in [1.165, 1.54) is 6.07 Å². The molecule has 0 unspecified atom stereocenters. The summed E-state index contributed by atoms with van der Waals surface area (Å²) in [5.41, 5.74) is 1.24. The van der Waals surface area contributed by atoms with Gasteiger partial charge in [-0.1, -0.05) is 17.3 Å². The summed E-state index contributed by atoms with van der Waals surface area (Å²) in [5.74, 6) is -1.23. The minimum Gasteiger partial charge on any atom is -0.360 e. The van der Waals surface area contributed by atoms with Crippen LogP contribution >= 0.6 is 0 Å². The fourth-order valence-corrected chi connectivity index (χ4v) is 2.55. The van der Waals surface area contributed by atoms with E-state index in [0.717, 1.165) is 23.5 Å². The van der Waals surface area contributed by atoms with Crippen molar-refractivity contribution in [3.8, 4) is 0 Å². The van der Waals surface area contributed by atoms with Crippen molar-refractivity contribution in [3.63, 3.8) is 0 Å². The Morgan fingerprint density at radius 1 is 1.15 bits per heavy atom. The molecule has 1 aromatic heterocycles. The first-order valence-electron chi connectivity index (χ1n) is 7.95. The summed E-state index contributed by atoms with van der Waals surface area (Å²) in [6.45, 7) is 1.17. The summed E-state index contributed by atoms with van der Waals surface area (Å²) in [7, 11) is 1.92. The number of rotatable bonds is 6. The molecule has 2 aromatic carbocycles. The molecule has 0 saturated carbocycles. The van der Waals surface area contributed by atoms with Crippen molar-refractivity contribution >= 4 is 11.6 Å². The highest BCUT2D eigenvalue weighted by atomic mass is 19.1. The maximum atomic E-state index is 13.7. The lowest BCUT2D eigenvalue weighted by molar-refractivity contribution is 0.102. The summed E-state index contributed by atoms with van der Waals surface area (Å²) in [4.78, 5) is 14.3. The molecule has 1 N–H and O–H groups in total. The van der Waals surface area contributed by atoms with Crippen LogP contribution in [0.5, 0.6) is 0 Å². The van der Waals surface area contributed by atoms with Gasteiger partial charge in [-0.25, -0.2) is 8.78 Å². The van der Waals surface area contributed by atoms with Crippen LogP contribution in [0, 0.1) is 11.6 Å². The first-order valence-corrected chi connectivity index (χ1v) is 7.95. The van der Waals surface area contributed by atoms with Gasteiger partial charge in [0, 0.05) is 24.2 Å².